The molecule has 110 valence electrons. The number of nitrogens with one attached hydrogen (secondary N) is 1. The van der Waals surface area contributed by atoms with Gasteiger partial charge in [-0.3, -0.25) is 0 Å². The van der Waals surface area contributed by atoms with Crippen LogP contribution in [0.3, 0.4) is 0 Å². The molecule has 4 atom stereocenters. The van der Waals surface area contributed by atoms with Gasteiger partial charge in [-0.2, -0.15) is 0 Å². The molecule has 1 aromatic carbocycles. The number of hydrogen-bond donors (Lipinski definition) is 1. The van der Waals surface area contributed by atoms with E-state index in [2.05, 4.69) is 12.2 Å². The Bertz CT molecular complexity index is 470. The Hall–Kier alpha value is -0.890. The van der Waals surface area contributed by atoms with Gasteiger partial charge >= 0.3 is 0 Å². The molecule has 2 saturated carbocycles. The van der Waals surface area contributed by atoms with Crippen molar-refractivity contribution in [1.29, 1.82) is 0 Å². The van der Waals surface area contributed by atoms with Gasteiger partial charge in [0.1, 0.15) is 5.82 Å². The first-order valence-corrected chi connectivity index (χ1v) is 8.15. The first-order valence-electron chi connectivity index (χ1n) is 8.15. The molecule has 0 aromatic heterocycles. The standard InChI is InChI=1S/C18H26FN/c1-3-20-18(17-10-13-4-5-15(17)9-13)11-14-6-7-16(19)8-12(14)2/h6-8,13,15,17-18,20H,3-5,9-11H2,1-2H3. The summed E-state index contributed by atoms with van der Waals surface area (Å²) in [5, 5.41) is 3.71. The molecule has 2 fully saturated rings. The van der Waals surface area contributed by atoms with E-state index in [-0.39, 0.29) is 5.82 Å². The third-order valence-electron chi connectivity index (χ3n) is 5.52. The van der Waals surface area contributed by atoms with Crippen molar-refractivity contribution in [3.8, 4) is 0 Å². The van der Waals surface area contributed by atoms with Gasteiger partial charge in [0, 0.05) is 6.04 Å². The van der Waals surface area contributed by atoms with Gasteiger partial charge in [0.2, 0.25) is 0 Å². The van der Waals surface area contributed by atoms with Gasteiger partial charge in [0.15, 0.2) is 0 Å². The molecule has 0 spiro atoms. The van der Waals surface area contributed by atoms with Crippen molar-refractivity contribution in [3.63, 3.8) is 0 Å². The van der Waals surface area contributed by atoms with Gasteiger partial charge in [-0.25, -0.2) is 4.39 Å². The molecule has 0 radical (unpaired) electrons. The second kappa shape index (κ2) is 5.85. The van der Waals surface area contributed by atoms with E-state index in [1.807, 2.05) is 13.0 Å². The van der Waals surface area contributed by atoms with Crippen LogP contribution in [0.5, 0.6) is 0 Å². The minimum Gasteiger partial charge on any atom is -0.314 e. The van der Waals surface area contributed by atoms with Gasteiger partial charge in [-0.1, -0.05) is 19.4 Å². The highest BCUT2D eigenvalue weighted by molar-refractivity contribution is 5.27. The SMILES string of the molecule is CCNC(Cc1ccc(F)cc1C)C1CC2CCC1C2. The zero-order chi connectivity index (χ0) is 14.1. The highest BCUT2D eigenvalue weighted by Gasteiger charge is 2.42. The van der Waals surface area contributed by atoms with E-state index in [1.165, 1.54) is 31.2 Å². The lowest BCUT2D eigenvalue weighted by Gasteiger charge is -2.31. The van der Waals surface area contributed by atoms with E-state index < -0.39 is 0 Å². The minimum absolute atomic E-state index is 0.119. The predicted molar refractivity (Wildman–Crippen MR) is 81.2 cm³/mol. The molecule has 0 aliphatic heterocycles. The molecule has 3 rings (SSSR count). The Morgan fingerprint density at radius 3 is 2.75 bits per heavy atom. The number of halogens is 1. The molecule has 2 bridgehead atoms. The Morgan fingerprint density at radius 2 is 2.15 bits per heavy atom. The van der Waals surface area contributed by atoms with Gasteiger partial charge in [-0.15, -0.1) is 0 Å². The van der Waals surface area contributed by atoms with Gasteiger partial charge in [0.25, 0.3) is 0 Å². The van der Waals surface area contributed by atoms with Crippen LogP contribution in [0.2, 0.25) is 0 Å². The number of hydrogen-bond acceptors (Lipinski definition) is 1. The summed E-state index contributed by atoms with van der Waals surface area (Å²) in [5.74, 6) is 2.63. The maximum Gasteiger partial charge on any atom is 0.123 e. The average Bonchev–Trinajstić information content (AvgIpc) is 3.03. The number of aryl methyl sites for hydroxylation is 1. The Morgan fingerprint density at radius 1 is 1.30 bits per heavy atom. The second-order valence-corrected chi connectivity index (χ2v) is 6.78. The lowest BCUT2D eigenvalue weighted by molar-refractivity contribution is 0.249. The molecule has 1 aromatic rings. The first-order chi connectivity index (χ1) is 9.67. The molecule has 0 saturated heterocycles. The van der Waals surface area contributed by atoms with Crippen molar-refractivity contribution >= 4 is 0 Å². The monoisotopic (exact) mass is 275 g/mol. The number of rotatable bonds is 5. The van der Waals surface area contributed by atoms with Crippen molar-refractivity contribution in [3.05, 3.63) is 35.1 Å². The lowest BCUT2D eigenvalue weighted by atomic mass is 9.80. The van der Waals surface area contributed by atoms with Crippen molar-refractivity contribution in [2.24, 2.45) is 17.8 Å². The Kier molecular flexibility index (Phi) is 4.11. The zero-order valence-electron chi connectivity index (χ0n) is 12.7. The fourth-order valence-corrected chi connectivity index (χ4v) is 4.55. The molecular formula is C18H26FN. The topological polar surface area (TPSA) is 12.0 Å². The van der Waals surface area contributed by atoms with Crippen molar-refractivity contribution in [1.82, 2.24) is 5.32 Å². The zero-order valence-corrected chi connectivity index (χ0v) is 12.7. The van der Waals surface area contributed by atoms with Crippen LogP contribution in [0.1, 0.15) is 43.7 Å². The average molecular weight is 275 g/mol. The molecule has 1 N–H and O–H groups in total. The van der Waals surface area contributed by atoms with Crippen LogP contribution in [0.25, 0.3) is 0 Å². The van der Waals surface area contributed by atoms with Gasteiger partial charge in [0.05, 0.1) is 0 Å². The summed E-state index contributed by atoms with van der Waals surface area (Å²) in [6.45, 7) is 5.25. The number of likely N-dealkylation sites (N-methyl/N-ethyl adjacent to an activating group) is 1. The maximum atomic E-state index is 13.2. The lowest BCUT2D eigenvalue weighted by Crippen LogP contribution is -2.40. The molecule has 2 heteroatoms. The fourth-order valence-electron chi connectivity index (χ4n) is 4.55. The largest absolute Gasteiger partial charge is 0.314 e. The second-order valence-electron chi connectivity index (χ2n) is 6.78. The van der Waals surface area contributed by atoms with Crippen LogP contribution < -0.4 is 5.32 Å². The predicted octanol–water partition coefficient (Wildman–Crippen LogP) is 4.09. The minimum atomic E-state index is -0.119. The highest BCUT2D eigenvalue weighted by atomic mass is 19.1. The third-order valence-corrected chi connectivity index (χ3v) is 5.52. The van der Waals surface area contributed by atoms with Crippen LogP contribution in [-0.4, -0.2) is 12.6 Å². The highest BCUT2D eigenvalue weighted by Crippen LogP contribution is 2.49. The van der Waals surface area contributed by atoms with E-state index in [9.17, 15) is 4.39 Å². The first kappa shape index (κ1) is 14.1. The van der Waals surface area contributed by atoms with Crippen molar-refractivity contribution in [2.75, 3.05) is 6.54 Å². The van der Waals surface area contributed by atoms with Gasteiger partial charge < -0.3 is 5.32 Å². The van der Waals surface area contributed by atoms with Crippen LogP contribution in [0.15, 0.2) is 18.2 Å². The van der Waals surface area contributed by atoms with Crippen LogP contribution >= 0.6 is 0 Å². The van der Waals surface area contributed by atoms with Crippen molar-refractivity contribution in [2.45, 2.75) is 52.0 Å². The summed E-state index contributed by atoms with van der Waals surface area (Å²) in [4.78, 5) is 0. The number of fused-ring (bicyclic) bond motifs is 2. The third kappa shape index (κ3) is 2.76. The molecule has 0 heterocycles. The molecular weight excluding hydrogens is 249 g/mol. The fraction of sp³-hybridized carbons (Fsp3) is 0.667. The summed E-state index contributed by atoms with van der Waals surface area (Å²) in [6, 6.07) is 5.81. The molecule has 4 unspecified atom stereocenters. The smallest absolute Gasteiger partial charge is 0.123 e. The summed E-state index contributed by atoms with van der Waals surface area (Å²) < 4.78 is 13.2. The maximum absolute atomic E-state index is 13.2. The summed E-state index contributed by atoms with van der Waals surface area (Å²) >= 11 is 0. The Balaban J connectivity index is 1.74. The molecule has 20 heavy (non-hydrogen) atoms. The van der Waals surface area contributed by atoms with E-state index in [0.717, 1.165) is 36.3 Å². The van der Waals surface area contributed by atoms with E-state index in [0.29, 0.717) is 6.04 Å². The Labute approximate surface area is 122 Å². The molecule has 2 aliphatic rings. The van der Waals surface area contributed by atoms with Crippen LogP contribution in [0, 0.1) is 30.5 Å². The van der Waals surface area contributed by atoms with Crippen molar-refractivity contribution < 1.29 is 4.39 Å². The molecule has 0 amide bonds. The summed E-state index contributed by atoms with van der Waals surface area (Å²) in [5.41, 5.74) is 2.40. The van der Waals surface area contributed by atoms with Crippen LogP contribution in [-0.2, 0) is 6.42 Å². The molecule has 1 nitrogen and oxygen atoms in total. The quantitative estimate of drug-likeness (QED) is 0.853. The van der Waals surface area contributed by atoms with Gasteiger partial charge in [-0.05, 0) is 80.2 Å². The van der Waals surface area contributed by atoms with Crippen LogP contribution in [0.4, 0.5) is 4.39 Å². The number of benzene rings is 1. The van der Waals surface area contributed by atoms with E-state index >= 15 is 0 Å². The van der Waals surface area contributed by atoms with E-state index in [1.54, 1.807) is 12.1 Å². The summed E-state index contributed by atoms with van der Waals surface area (Å²) in [6.07, 6.45) is 6.79. The summed E-state index contributed by atoms with van der Waals surface area (Å²) in [7, 11) is 0. The molecule has 2 aliphatic carbocycles. The van der Waals surface area contributed by atoms with E-state index in [4.69, 9.17) is 0 Å². The normalized spacial score (nSPS) is 29.9.